The highest BCUT2D eigenvalue weighted by Gasteiger charge is 2.27. The van der Waals surface area contributed by atoms with E-state index in [9.17, 15) is 4.79 Å². The number of unbranched alkanes of at least 4 members (excludes halogenated alkanes) is 10. The van der Waals surface area contributed by atoms with Gasteiger partial charge in [0, 0.05) is 0 Å². The van der Waals surface area contributed by atoms with Gasteiger partial charge in [0.05, 0.1) is 0 Å². The van der Waals surface area contributed by atoms with Crippen LogP contribution in [0.4, 0.5) is 0 Å². The first-order valence-corrected chi connectivity index (χ1v) is 9.14. The van der Waals surface area contributed by atoms with Crippen LogP contribution in [0.15, 0.2) is 12.2 Å². The molecule has 122 valence electrons. The lowest BCUT2D eigenvalue weighted by Gasteiger charge is -2.24. The number of ether oxygens (including phenoxy) is 1. The first-order valence-electron chi connectivity index (χ1n) is 9.14. The van der Waals surface area contributed by atoms with Gasteiger partial charge in [-0.2, -0.15) is 0 Å². The number of carbonyl (C=O) groups is 1. The Labute approximate surface area is 131 Å². The minimum Gasteiger partial charge on any atom is -0.362 e. The van der Waals surface area contributed by atoms with E-state index in [-0.39, 0.29) is 6.10 Å². The van der Waals surface area contributed by atoms with Crippen LogP contribution in [0.5, 0.6) is 0 Å². The largest absolute Gasteiger partial charge is 0.362 e. The van der Waals surface area contributed by atoms with E-state index in [0.29, 0.717) is 12.4 Å². The topological polar surface area (TPSA) is 26.3 Å². The minimum atomic E-state index is -0.0535. The fourth-order valence-corrected chi connectivity index (χ4v) is 2.74. The quantitative estimate of drug-likeness (QED) is 0.308. The first-order chi connectivity index (χ1) is 10.3. The summed E-state index contributed by atoms with van der Waals surface area (Å²) in [5.41, 5.74) is 0. The maximum Gasteiger partial charge on any atom is 0.187 e. The number of hydrogen-bond acceptors (Lipinski definition) is 2. The van der Waals surface area contributed by atoms with Crippen molar-refractivity contribution in [1.82, 2.24) is 0 Å². The molecule has 0 bridgehead atoms. The second-order valence-corrected chi connectivity index (χ2v) is 6.29. The third kappa shape index (κ3) is 9.84. The van der Waals surface area contributed by atoms with Crippen LogP contribution >= 0.6 is 0 Å². The van der Waals surface area contributed by atoms with Gasteiger partial charge in [-0.25, -0.2) is 0 Å². The molecule has 0 N–H and O–H groups in total. The number of Topliss-reactive ketones (excluding diaryl/α,β-unsaturated/α-hetero) is 1. The van der Waals surface area contributed by atoms with E-state index in [4.69, 9.17) is 4.74 Å². The molecule has 1 aliphatic heterocycles. The summed E-state index contributed by atoms with van der Waals surface area (Å²) < 4.78 is 5.20. The van der Waals surface area contributed by atoms with E-state index < -0.39 is 0 Å². The van der Waals surface area contributed by atoms with Gasteiger partial charge in [-0.3, -0.25) is 4.79 Å². The fraction of sp³-hybridized carbons (Fsp3) is 0.842. The van der Waals surface area contributed by atoms with E-state index in [1.807, 2.05) is 0 Å². The summed E-state index contributed by atoms with van der Waals surface area (Å²) in [6.07, 6.45) is 21.3. The SMILES string of the molecule is CCCCCCCCC=CCCCCCCC1OCC1=O. The molecule has 1 rings (SSSR count). The van der Waals surface area contributed by atoms with Gasteiger partial charge in [0.1, 0.15) is 12.7 Å². The molecule has 0 aromatic carbocycles. The summed E-state index contributed by atoms with van der Waals surface area (Å²) in [7, 11) is 0. The zero-order chi connectivity index (χ0) is 15.2. The zero-order valence-electron chi connectivity index (χ0n) is 13.9. The fourth-order valence-electron chi connectivity index (χ4n) is 2.74. The number of rotatable bonds is 14. The summed E-state index contributed by atoms with van der Waals surface area (Å²) >= 11 is 0. The van der Waals surface area contributed by atoms with Crippen LogP contribution in [0.25, 0.3) is 0 Å². The van der Waals surface area contributed by atoms with Crippen molar-refractivity contribution in [2.24, 2.45) is 0 Å². The summed E-state index contributed by atoms with van der Waals surface area (Å²) in [6, 6.07) is 0. The second-order valence-electron chi connectivity index (χ2n) is 6.29. The van der Waals surface area contributed by atoms with Gasteiger partial charge in [0.25, 0.3) is 0 Å². The summed E-state index contributed by atoms with van der Waals surface area (Å²) in [6.45, 7) is 2.62. The van der Waals surface area contributed by atoms with Crippen LogP contribution in [-0.4, -0.2) is 18.5 Å². The monoisotopic (exact) mass is 294 g/mol. The third-order valence-electron chi connectivity index (χ3n) is 4.26. The van der Waals surface area contributed by atoms with Crippen molar-refractivity contribution in [2.75, 3.05) is 6.61 Å². The van der Waals surface area contributed by atoms with E-state index in [0.717, 1.165) is 12.8 Å². The lowest BCUT2D eigenvalue weighted by molar-refractivity contribution is -0.155. The van der Waals surface area contributed by atoms with Crippen molar-refractivity contribution in [2.45, 2.75) is 96.5 Å². The van der Waals surface area contributed by atoms with Gasteiger partial charge in [0.2, 0.25) is 0 Å². The van der Waals surface area contributed by atoms with Crippen molar-refractivity contribution >= 4 is 5.78 Å². The minimum absolute atomic E-state index is 0.0535. The molecule has 2 nitrogen and oxygen atoms in total. The maximum absolute atomic E-state index is 11.1. The van der Waals surface area contributed by atoms with Crippen molar-refractivity contribution in [1.29, 1.82) is 0 Å². The zero-order valence-corrected chi connectivity index (χ0v) is 13.9. The maximum atomic E-state index is 11.1. The molecule has 0 aromatic heterocycles. The van der Waals surface area contributed by atoms with Gasteiger partial charge in [-0.1, -0.05) is 70.4 Å². The van der Waals surface area contributed by atoms with Crippen LogP contribution in [0, 0.1) is 0 Å². The Morgan fingerprint density at radius 1 is 0.905 bits per heavy atom. The lowest BCUT2D eigenvalue weighted by Crippen LogP contribution is -2.39. The molecular formula is C19H34O2. The molecule has 0 saturated carbocycles. The van der Waals surface area contributed by atoms with Crippen LogP contribution in [0.3, 0.4) is 0 Å². The molecule has 0 radical (unpaired) electrons. The number of carbonyl (C=O) groups excluding carboxylic acids is 1. The molecular weight excluding hydrogens is 260 g/mol. The van der Waals surface area contributed by atoms with Crippen molar-refractivity contribution in [3.8, 4) is 0 Å². The molecule has 1 saturated heterocycles. The summed E-state index contributed by atoms with van der Waals surface area (Å²) in [5.74, 6) is 0.299. The van der Waals surface area contributed by atoms with E-state index >= 15 is 0 Å². The molecule has 2 heteroatoms. The Morgan fingerprint density at radius 3 is 2.00 bits per heavy atom. The van der Waals surface area contributed by atoms with Gasteiger partial charge in [0.15, 0.2) is 5.78 Å². The Morgan fingerprint density at radius 2 is 1.48 bits per heavy atom. The number of allylic oxidation sites excluding steroid dienone is 2. The van der Waals surface area contributed by atoms with Crippen molar-refractivity contribution in [3.05, 3.63) is 12.2 Å². The van der Waals surface area contributed by atoms with E-state index in [1.165, 1.54) is 70.6 Å². The van der Waals surface area contributed by atoms with Crippen LogP contribution in [0.2, 0.25) is 0 Å². The van der Waals surface area contributed by atoms with Crippen molar-refractivity contribution < 1.29 is 9.53 Å². The first kappa shape index (κ1) is 18.4. The highest BCUT2D eigenvalue weighted by Crippen LogP contribution is 2.16. The van der Waals surface area contributed by atoms with E-state index in [2.05, 4.69) is 19.1 Å². The average Bonchev–Trinajstić information content (AvgIpc) is 2.49. The second kappa shape index (κ2) is 13.1. The number of ketones is 1. The van der Waals surface area contributed by atoms with Crippen molar-refractivity contribution in [3.63, 3.8) is 0 Å². The van der Waals surface area contributed by atoms with Crippen LogP contribution in [-0.2, 0) is 9.53 Å². The molecule has 1 heterocycles. The smallest absolute Gasteiger partial charge is 0.187 e. The average molecular weight is 294 g/mol. The van der Waals surface area contributed by atoms with E-state index in [1.54, 1.807) is 0 Å². The molecule has 1 unspecified atom stereocenters. The lowest BCUT2D eigenvalue weighted by atomic mass is 10.0. The highest BCUT2D eigenvalue weighted by molar-refractivity contribution is 5.88. The van der Waals surface area contributed by atoms with Crippen LogP contribution < -0.4 is 0 Å². The Balaban J connectivity index is 1.73. The predicted octanol–water partition coefficient (Wildman–Crippen LogP) is 5.60. The van der Waals surface area contributed by atoms with Crippen LogP contribution in [0.1, 0.15) is 90.4 Å². The molecule has 1 fully saturated rings. The third-order valence-corrected chi connectivity index (χ3v) is 4.26. The van der Waals surface area contributed by atoms with Gasteiger partial charge in [-0.05, 0) is 32.1 Å². The molecule has 0 aromatic rings. The highest BCUT2D eigenvalue weighted by atomic mass is 16.5. The molecule has 1 aliphatic rings. The molecule has 0 spiro atoms. The Kier molecular flexibility index (Phi) is 11.5. The van der Waals surface area contributed by atoms with Gasteiger partial charge < -0.3 is 4.74 Å². The predicted molar refractivity (Wildman–Crippen MR) is 89.6 cm³/mol. The molecule has 0 aliphatic carbocycles. The molecule has 0 amide bonds. The summed E-state index contributed by atoms with van der Waals surface area (Å²) in [4.78, 5) is 11.1. The number of hydrogen-bond donors (Lipinski definition) is 0. The molecule has 21 heavy (non-hydrogen) atoms. The van der Waals surface area contributed by atoms with Gasteiger partial charge in [-0.15, -0.1) is 0 Å². The summed E-state index contributed by atoms with van der Waals surface area (Å²) in [5, 5.41) is 0. The Hall–Kier alpha value is -0.630. The standard InChI is InChI=1S/C19H34O2/c1-2-3-4-5-6-7-8-9-10-11-12-13-14-15-16-19-18(20)17-21-19/h9-10,19H,2-8,11-17H2,1H3. The molecule has 1 atom stereocenters. The van der Waals surface area contributed by atoms with Gasteiger partial charge >= 0.3 is 0 Å². The Bertz CT molecular complexity index is 283. The normalized spacial score (nSPS) is 18.3.